The summed E-state index contributed by atoms with van der Waals surface area (Å²) in [5.74, 6) is 1.36. The van der Waals surface area contributed by atoms with E-state index in [0.717, 1.165) is 6.42 Å². The SMILES string of the molecule is C[n+]1ccn2c1Cc1ccccc1-2. The van der Waals surface area contributed by atoms with E-state index in [9.17, 15) is 0 Å². The second-order valence-electron chi connectivity index (χ2n) is 3.50. The molecule has 2 heterocycles. The zero-order chi connectivity index (χ0) is 8.84. The Bertz CT molecular complexity index is 469. The third kappa shape index (κ3) is 0.800. The average Bonchev–Trinajstić information content (AvgIpc) is 2.67. The molecule has 1 aromatic heterocycles. The minimum absolute atomic E-state index is 1.06. The number of aryl methyl sites for hydroxylation is 1. The molecule has 0 saturated carbocycles. The van der Waals surface area contributed by atoms with Gasteiger partial charge in [-0.15, -0.1) is 0 Å². The highest BCUT2D eigenvalue weighted by Gasteiger charge is 2.26. The van der Waals surface area contributed by atoms with Gasteiger partial charge in [-0.1, -0.05) is 18.2 Å². The minimum Gasteiger partial charge on any atom is -0.236 e. The lowest BCUT2D eigenvalue weighted by Crippen LogP contribution is -2.30. The van der Waals surface area contributed by atoms with Crippen LogP contribution in [0, 0.1) is 0 Å². The zero-order valence-electron chi connectivity index (χ0n) is 7.57. The highest BCUT2D eigenvalue weighted by Crippen LogP contribution is 2.24. The van der Waals surface area contributed by atoms with Crippen LogP contribution in [0.3, 0.4) is 0 Å². The summed E-state index contributed by atoms with van der Waals surface area (Å²) >= 11 is 0. The molecule has 0 bridgehead atoms. The maximum Gasteiger partial charge on any atom is 0.266 e. The monoisotopic (exact) mass is 171 g/mol. The number of benzene rings is 1. The van der Waals surface area contributed by atoms with Crippen molar-refractivity contribution in [3.63, 3.8) is 0 Å². The molecule has 2 aromatic rings. The van der Waals surface area contributed by atoms with Crippen LogP contribution >= 0.6 is 0 Å². The Morgan fingerprint density at radius 3 is 3.08 bits per heavy atom. The van der Waals surface area contributed by atoms with Crippen LogP contribution in [-0.4, -0.2) is 4.57 Å². The molecule has 0 spiro atoms. The van der Waals surface area contributed by atoms with Gasteiger partial charge in [-0.05, 0) is 6.07 Å². The van der Waals surface area contributed by atoms with Gasteiger partial charge in [0, 0.05) is 5.56 Å². The molecule has 2 nitrogen and oxygen atoms in total. The number of fused-ring (bicyclic) bond motifs is 3. The number of para-hydroxylation sites is 1. The first kappa shape index (κ1) is 6.89. The average molecular weight is 171 g/mol. The lowest BCUT2D eigenvalue weighted by atomic mass is 10.1. The van der Waals surface area contributed by atoms with Crippen LogP contribution in [0.4, 0.5) is 0 Å². The van der Waals surface area contributed by atoms with Crippen LogP contribution in [-0.2, 0) is 13.5 Å². The van der Waals surface area contributed by atoms with Crippen LogP contribution in [0.15, 0.2) is 36.7 Å². The highest BCUT2D eigenvalue weighted by molar-refractivity contribution is 5.47. The fraction of sp³-hybridized carbons (Fsp3) is 0.182. The molecule has 64 valence electrons. The second kappa shape index (κ2) is 2.22. The molecule has 0 amide bonds. The summed E-state index contributed by atoms with van der Waals surface area (Å²) in [6, 6.07) is 8.56. The number of aromatic nitrogens is 2. The number of nitrogens with zero attached hydrogens (tertiary/aromatic N) is 2. The van der Waals surface area contributed by atoms with Gasteiger partial charge in [0.15, 0.2) is 0 Å². The third-order valence-corrected chi connectivity index (χ3v) is 2.72. The first-order valence-corrected chi connectivity index (χ1v) is 4.50. The Hall–Kier alpha value is -1.57. The molecule has 1 aromatic carbocycles. The standard InChI is InChI=1S/C11H11N2/c1-12-6-7-13-10-5-3-2-4-9(10)8-11(12)13/h2-7H,8H2,1H3/q+1. The van der Waals surface area contributed by atoms with Gasteiger partial charge in [-0.3, -0.25) is 0 Å². The summed E-state index contributed by atoms with van der Waals surface area (Å²) in [5.41, 5.74) is 2.76. The molecule has 0 saturated heterocycles. The number of hydrogen-bond donors (Lipinski definition) is 0. The second-order valence-corrected chi connectivity index (χ2v) is 3.50. The highest BCUT2D eigenvalue weighted by atomic mass is 15.2. The number of rotatable bonds is 0. The topological polar surface area (TPSA) is 8.81 Å². The van der Waals surface area contributed by atoms with E-state index in [0.29, 0.717) is 0 Å². The predicted molar refractivity (Wildman–Crippen MR) is 49.8 cm³/mol. The Labute approximate surface area is 77.1 Å². The largest absolute Gasteiger partial charge is 0.266 e. The molecule has 3 rings (SSSR count). The van der Waals surface area contributed by atoms with Gasteiger partial charge >= 0.3 is 0 Å². The molecule has 0 unspecified atom stereocenters. The normalized spacial score (nSPS) is 12.7. The van der Waals surface area contributed by atoms with Crippen LogP contribution in [0.2, 0.25) is 0 Å². The number of hydrogen-bond acceptors (Lipinski definition) is 0. The molecular formula is C11H11N2+. The van der Waals surface area contributed by atoms with E-state index in [1.54, 1.807) is 0 Å². The van der Waals surface area contributed by atoms with E-state index >= 15 is 0 Å². The van der Waals surface area contributed by atoms with Crippen molar-refractivity contribution in [1.29, 1.82) is 0 Å². The summed E-state index contributed by atoms with van der Waals surface area (Å²) in [7, 11) is 2.09. The van der Waals surface area contributed by atoms with Crippen molar-refractivity contribution in [3.8, 4) is 5.69 Å². The lowest BCUT2D eigenvalue weighted by Gasteiger charge is -1.92. The molecule has 13 heavy (non-hydrogen) atoms. The fourth-order valence-electron chi connectivity index (χ4n) is 2.00. The molecular weight excluding hydrogens is 160 g/mol. The zero-order valence-corrected chi connectivity index (χ0v) is 7.57. The minimum atomic E-state index is 1.06. The summed E-state index contributed by atoms with van der Waals surface area (Å²) in [5, 5.41) is 0. The van der Waals surface area contributed by atoms with Gasteiger partial charge < -0.3 is 0 Å². The maximum absolute atomic E-state index is 2.26. The van der Waals surface area contributed by atoms with Crippen molar-refractivity contribution >= 4 is 0 Å². The van der Waals surface area contributed by atoms with Crippen LogP contribution in [0.1, 0.15) is 11.4 Å². The predicted octanol–water partition coefficient (Wildman–Crippen LogP) is 1.21. The van der Waals surface area contributed by atoms with Crippen LogP contribution in [0.5, 0.6) is 0 Å². The molecule has 0 aliphatic carbocycles. The Morgan fingerprint density at radius 1 is 1.31 bits per heavy atom. The van der Waals surface area contributed by atoms with Crippen molar-refractivity contribution in [2.75, 3.05) is 0 Å². The van der Waals surface area contributed by atoms with Crippen molar-refractivity contribution in [2.45, 2.75) is 6.42 Å². The van der Waals surface area contributed by atoms with Gasteiger partial charge in [-0.25, -0.2) is 4.57 Å². The first-order chi connectivity index (χ1) is 6.36. The van der Waals surface area contributed by atoms with Crippen molar-refractivity contribution in [2.24, 2.45) is 7.05 Å². The van der Waals surface area contributed by atoms with Gasteiger partial charge in [-0.2, -0.15) is 4.57 Å². The van der Waals surface area contributed by atoms with Gasteiger partial charge in [0.25, 0.3) is 5.82 Å². The third-order valence-electron chi connectivity index (χ3n) is 2.72. The molecule has 0 radical (unpaired) electrons. The Kier molecular flexibility index (Phi) is 1.18. The van der Waals surface area contributed by atoms with E-state index in [1.807, 2.05) is 0 Å². The van der Waals surface area contributed by atoms with Gasteiger partial charge in [0.1, 0.15) is 18.1 Å². The van der Waals surface area contributed by atoms with Crippen molar-refractivity contribution in [3.05, 3.63) is 48.0 Å². The van der Waals surface area contributed by atoms with Crippen molar-refractivity contribution in [1.82, 2.24) is 4.57 Å². The summed E-state index contributed by atoms with van der Waals surface area (Å²) < 4.78 is 4.44. The molecule has 0 fully saturated rings. The van der Waals surface area contributed by atoms with Crippen LogP contribution in [0.25, 0.3) is 5.69 Å². The summed E-state index contributed by atoms with van der Waals surface area (Å²) in [4.78, 5) is 0. The van der Waals surface area contributed by atoms with E-state index < -0.39 is 0 Å². The van der Waals surface area contributed by atoms with Crippen LogP contribution < -0.4 is 4.57 Å². The van der Waals surface area contributed by atoms with E-state index in [2.05, 4.69) is 52.8 Å². The van der Waals surface area contributed by atoms with E-state index in [4.69, 9.17) is 0 Å². The summed E-state index contributed by atoms with van der Waals surface area (Å²) in [6.45, 7) is 0. The first-order valence-electron chi connectivity index (χ1n) is 4.50. The Balaban J connectivity index is 2.32. The molecule has 0 N–H and O–H groups in total. The van der Waals surface area contributed by atoms with Gasteiger partial charge in [0.05, 0.1) is 13.5 Å². The van der Waals surface area contributed by atoms with Crippen molar-refractivity contribution < 1.29 is 4.57 Å². The number of imidazole rings is 1. The smallest absolute Gasteiger partial charge is 0.236 e. The molecule has 1 aliphatic heterocycles. The maximum atomic E-state index is 2.26. The quantitative estimate of drug-likeness (QED) is 0.449. The molecule has 2 heteroatoms. The van der Waals surface area contributed by atoms with Gasteiger partial charge in [0.2, 0.25) is 0 Å². The molecule has 0 atom stereocenters. The molecule has 1 aliphatic rings. The Morgan fingerprint density at radius 2 is 2.15 bits per heavy atom. The van der Waals surface area contributed by atoms with E-state index in [-0.39, 0.29) is 0 Å². The lowest BCUT2D eigenvalue weighted by molar-refractivity contribution is -0.677. The fourth-order valence-corrected chi connectivity index (χ4v) is 2.00. The van der Waals surface area contributed by atoms with E-state index in [1.165, 1.54) is 17.1 Å². The summed E-state index contributed by atoms with van der Waals surface area (Å²) in [6.07, 6.45) is 5.28.